The molecule has 0 unspecified atom stereocenters. The van der Waals surface area contributed by atoms with Gasteiger partial charge in [0.15, 0.2) is 0 Å². The molecule has 132 valence electrons. The summed E-state index contributed by atoms with van der Waals surface area (Å²) in [4.78, 5) is 4.91. The smallest absolute Gasteiger partial charge is 0.131 e. The molecule has 0 spiro atoms. The van der Waals surface area contributed by atoms with Crippen LogP contribution in [0.15, 0.2) is 97.1 Å². The maximum Gasteiger partial charge on any atom is 0.131 e. The Morgan fingerprint density at radius 2 is 1.18 bits per heavy atom. The van der Waals surface area contributed by atoms with E-state index in [1.165, 1.54) is 22.1 Å². The van der Waals surface area contributed by atoms with Crippen LogP contribution in [0.2, 0.25) is 0 Å². The van der Waals surface area contributed by atoms with Crippen molar-refractivity contribution in [2.24, 2.45) is 0 Å². The average molecular weight is 359 g/mol. The summed E-state index contributed by atoms with van der Waals surface area (Å²) in [6.07, 6.45) is 0. The van der Waals surface area contributed by atoms with E-state index in [2.05, 4.69) is 78.9 Å². The molecule has 28 heavy (non-hydrogen) atoms. The SMILES string of the molecule is c1ccc2c(c1)Oc1ccccc1C2c1cccc2nc3ccccc3cc12. The van der Waals surface area contributed by atoms with Crippen LogP contribution in [0, 0.1) is 0 Å². The third kappa shape index (κ3) is 2.25. The molecule has 0 saturated carbocycles. The van der Waals surface area contributed by atoms with Crippen LogP contribution in [-0.4, -0.2) is 4.98 Å². The van der Waals surface area contributed by atoms with Crippen molar-refractivity contribution in [1.29, 1.82) is 0 Å². The lowest BCUT2D eigenvalue weighted by molar-refractivity contribution is 0.453. The molecule has 2 heteroatoms. The highest BCUT2D eigenvalue weighted by Crippen LogP contribution is 2.48. The topological polar surface area (TPSA) is 22.1 Å². The van der Waals surface area contributed by atoms with Crippen LogP contribution in [0.25, 0.3) is 21.8 Å². The first kappa shape index (κ1) is 15.4. The summed E-state index contributed by atoms with van der Waals surface area (Å²) in [7, 11) is 0. The third-order valence-corrected chi connectivity index (χ3v) is 5.59. The standard InChI is InChI=1S/C26H17NO/c1-4-12-22-17(8-1)16-21-18(11-7-13-23(21)27-22)26-19-9-2-5-14-24(19)28-25-15-6-3-10-20(25)26/h1-16,26H. The summed E-state index contributed by atoms with van der Waals surface area (Å²) in [5, 5.41) is 2.36. The Bertz CT molecular complexity index is 1310. The largest absolute Gasteiger partial charge is 0.457 e. The highest BCUT2D eigenvalue weighted by Gasteiger charge is 2.29. The second kappa shape index (κ2) is 5.93. The van der Waals surface area contributed by atoms with Crippen LogP contribution in [0.5, 0.6) is 11.5 Å². The Labute approximate surface area is 163 Å². The molecule has 0 aliphatic carbocycles. The molecule has 1 aliphatic heterocycles. The van der Waals surface area contributed by atoms with Crippen molar-refractivity contribution in [1.82, 2.24) is 4.98 Å². The zero-order valence-corrected chi connectivity index (χ0v) is 15.2. The average Bonchev–Trinajstić information content (AvgIpc) is 2.76. The third-order valence-electron chi connectivity index (χ3n) is 5.59. The molecule has 0 N–H and O–H groups in total. The molecule has 0 radical (unpaired) electrons. The first-order valence-corrected chi connectivity index (χ1v) is 9.52. The van der Waals surface area contributed by atoms with Gasteiger partial charge in [0.05, 0.1) is 11.0 Å². The van der Waals surface area contributed by atoms with Gasteiger partial charge in [0.2, 0.25) is 0 Å². The van der Waals surface area contributed by atoms with Gasteiger partial charge in [-0.05, 0) is 35.9 Å². The van der Waals surface area contributed by atoms with E-state index in [1.807, 2.05) is 18.2 Å². The Kier molecular flexibility index (Phi) is 3.26. The predicted octanol–water partition coefficient (Wildman–Crippen LogP) is 6.67. The van der Waals surface area contributed by atoms with Gasteiger partial charge in [0.1, 0.15) is 11.5 Å². The fourth-order valence-corrected chi connectivity index (χ4v) is 4.32. The molecule has 0 fully saturated rings. The number of rotatable bonds is 1. The predicted molar refractivity (Wildman–Crippen MR) is 113 cm³/mol. The number of benzene rings is 4. The van der Waals surface area contributed by atoms with Crippen LogP contribution < -0.4 is 4.74 Å². The summed E-state index contributed by atoms with van der Waals surface area (Å²) in [5.74, 6) is 1.97. The zero-order chi connectivity index (χ0) is 18.5. The van der Waals surface area contributed by atoms with Gasteiger partial charge in [0.25, 0.3) is 0 Å². The molecule has 2 heterocycles. The van der Waals surface area contributed by atoms with E-state index < -0.39 is 0 Å². The molecule has 4 aromatic carbocycles. The minimum absolute atomic E-state index is 0.118. The fraction of sp³-hybridized carbons (Fsp3) is 0.0385. The van der Waals surface area contributed by atoms with Crippen LogP contribution in [0.1, 0.15) is 22.6 Å². The summed E-state index contributed by atoms with van der Waals surface area (Å²) in [6, 6.07) is 33.7. The number of hydrogen-bond acceptors (Lipinski definition) is 2. The molecule has 0 amide bonds. The molecule has 0 atom stereocenters. The minimum Gasteiger partial charge on any atom is -0.457 e. The van der Waals surface area contributed by atoms with E-state index in [9.17, 15) is 0 Å². The monoisotopic (exact) mass is 359 g/mol. The van der Waals surface area contributed by atoms with Crippen LogP contribution in [-0.2, 0) is 0 Å². The highest BCUT2D eigenvalue weighted by atomic mass is 16.5. The van der Waals surface area contributed by atoms with Crippen LogP contribution in [0.4, 0.5) is 0 Å². The normalized spacial score (nSPS) is 13.1. The van der Waals surface area contributed by atoms with Gasteiger partial charge in [-0.1, -0.05) is 66.7 Å². The number of nitrogens with zero attached hydrogens (tertiary/aromatic N) is 1. The van der Waals surface area contributed by atoms with Crippen molar-refractivity contribution < 1.29 is 4.74 Å². The fourth-order valence-electron chi connectivity index (χ4n) is 4.32. The van der Waals surface area contributed by atoms with Crippen molar-refractivity contribution in [2.45, 2.75) is 5.92 Å². The van der Waals surface area contributed by atoms with Crippen LogP contribution >= 0.6 is 0 Å². The number of ether oxygens (including phenoxy) is 1. The quantitative estimate of drug-likeness (QED) is 0.306. The number of pyridine rings is 1. The zero-order valence-electron chi connectivity index (χ0n) is 15.2. The van der Waals surface area contributed by atoms with Gasteiger partial charge in [-0.3, -0.25) is 0 Å². The first-order valence-electron chi connectivity index (χ1n) is 9.52. The lowest BCUT2D eigenvalue weighted by Gasteiger charge is -2.29. The van der Waals surface area contributed by atoms with Crippen molar-refractivity contribution in [2.75, 3.05) is 0 Å². The van der Waals surface area contributed by atoms with Crippen molar-refractivity contribution >= 4 is 21.8 Å². The minimum atomic E-state index is 0.118. The summed E-state index contributed by atoms with van der Waals surface area (Å²) < 4.78 is 6.20. The molecule has 2 nitrogen and oxygen atoms in total. The summed E-state index contributed by atoms with van der Waals surface area (Å²) in [5.41, 5.74) is 5.71. The summed E-state index contributed by atoms with van der Waals surface area (Å²) >= 11 is 0. The lowest BCUT2D eigenvalue weighted by Crippen LogP contribution is -2.12. The molecular formula is C26H17NO. The molecule has 1 aliphatic rings. The van der Waals surface area contributed by atoms with E-state index >= 15 is 0 Å². The molecule has 1 aromatic heterocycles. The number of aromatic nitrogens is 1. The van der Waals surface area contributed by atoms with E-state index in [-0.39, 0.29) is 5.92 Å². The van der Waals surface area contributed by atoms with Gasteiger partial charge in [-0.25, -0.2) is 4.98 Å². The number of fused-ring (bicyclic) bond motifs is 4. The lowest BCUT2D eigenvalue weighted by atomic mass is 9.81. The highest BCUT2D eigenvalue weighted by molar-refractivity contribution is 5.95. The van der Waals surface area contributed by atoms with E-state index in [0.717, 1.165) is 27.9 Å². The van der Waals surface area contributed by atoms with E-state index in [4.69, 9.17) is 9.72 Å². The van der Waals surface area contributed by atoms with Crippen molar-refractivity contribution in [3.05, 3.63) is 114 Å². The Morgan fingerprint density at radius 3 is 1.96 bits per heavy atom. The van der Waals surface area contributed by atoms with Crippen molar-refractivity contribution in [3.8, 4) is 11.5 Å². The maximum absolute atomic E-state index is 6.20. The van der Waals surface area contributed by atoms with Crippen molar-refractivity contribution in [3.63, 3.8) is 0 Å². The molecule has 5 aromatic rings. The molecule has 0 saturated heterocycles. The second-order valence-corrected chi connectivity index (χ2v) is 7.21. The van der Waals surface area contributed by atoms with E-state index in [0.29, 0.717) is 0 Å². The molecule has 0 bridgehead atoms. The maximum atomic E-state index is 6.20. The Morgan fingerprint density at radius 1 is 0.571 bits per heavy atom. The van der Waals surface area contributed by atoms with E-state index in [1.54, 1.807) is 0 Å². The Hall–Kier alpha value is -3.65. The summed E-state index contributed by atoms with van der Waals surface area (Å²) in [6.45, 7) is 0. The second-order valence-electron chi connectivity index (χ2n) is 7.21. The first-order chi connectivity index (χ1) is 13.9. The Balaban J connectivity index is 1.69. The van der Waals surface area contributed by atoms with Crippen LogP contribution in [0.3, 0.4) is 0 Å². The van der Waals surface area contributed by atoms with Gasteiger partial charge < -0.3 is 4.74 Å². The number of para-hydroxylation sites is 3. The molecule has 6 rings (SSSR count). The molecular weight excluding hydrogens is 342 g/mol. The van der Waals surface area contributed by atoms with Gasteiger partial charge >= 0.3 is 0 Å². The van der Waals surface area contributed by atoms with Gasteiger partial charge in [0, 0.05) is 27.8 Å². The van der Waals surface area contributed by atoms with Gasteiger partial charge in [-0.15, -0.1) is 0 Å². The van der Waals surface area contributed by atoms with Gasteiger partial charge in [-0.2, -0.15) is 0 Å². The number of hydrogen-bond donors (Lipinski definition) is 0.